The van der Waals surface area contributed by atoms with E-state index >= 15 is 0 Å². The van der Waals surface area contributed by atoms with Gasteiger partial charge in [-0.25, -0.2) is 0 Å². The third-order valence-corrected chi connectivity index (χ3v) is 4.48. The smallest absolute Gasteiger partial charge is 0.241 e. The average Bonchev–Trinajstić information content (AvgIpc) is 3.14. The SMILES string of the molecule is [2H]C1([2H])[C@H]2C[C@@]([2H])(C#N)N(C(=O)[C@@]([2H])(N)C34C([2H])([2H])C5([2H])C([2H])([2H])C([2H])(C([2H])([2H])C(O)(C5([2H])[2H])C3([2H])[2H])C4([2H])[2H])[C@H]21. The van der Waals surface area contributed by atoms with Crippen LogP contribution >= 0.6 is 0 Å². The lowest BCUT2D eigenvalue weighted by atomic mass is 9.46. The van der Waals surface area contributed by atoms with E-state index in [-0.39, 0.29) is 4.90 Å². The van der Waals surface area contributed by atoms with Crippen molar-refractivity contribution < 1.29 is 34.6 Å². The third kappa shape index (κ3) is 1.88. The zero-order valence-electron chi connectivity index (χ0n) is 29.7. The van der Waals surface area contributed by atoms with Gasteiger partial charge >= 0.3 is 0 Å². The Balaban J connectivity index is 1.94. The van der Waals surface area contributed by atoms with Gasteiger partial charge in [-0.3, -0.25) is 4.79 Å². The van der Waals surface area contributed by atoms with E-state index in [1.807, 2.05) is 0 Å². The lowest BCUT2D eigenvalue weighted by molar-refractivity contribution is -0.177. The fraction of sp³-hybridized carbons (Fsp3) is 0.889. The first kappa shape index (κ1) is 4.95. The Kier molecular flexibility index (Phi) is 0.923. The molecule has 0 spiro atoms. The van der Waals surface area contributed by atoms with Gasteiger partial charge in [0, 0.05) is 28.0 Å². The molecule has 5 heteroatoms. The van der Waals surface area contributed by atoms with Crippen molar-refractivity contribution in [2.24, 2.45) is 28.9 Å². The number of fused-ring (bicyclic) bond motifs is 1. The maximum atomic E-state index is 14.1. The first-order valence-electron chi connectivity index (χ1n) is 16.1. The number of piperidine rings is 1. The van der Waals surface area contributed by atoms with Gasteiger partial charge in [0.1, 0.15) is 6.02 Å². The molecule has 5 saturated carbocycles. The van der Waals surface area contributed by atoms with Crippen molar-refractivity contribution in [3.8, 4) is 6.07 Å². The molecule has 0 aromatic carbocycles. The Morgan fingerprint density at radius 1 is 1.43 bits per heavy atom. The second-order valence-electron chi connectivity index (χ2n) is 6.03. The summed E-state index contributed by atoms with van der Waals surface area (Å²) in [6, 6.07) is -7.20. The average molecular weight is 334 g/mol. The molecule has 5 aliphatic carbocycles. The summed E-state index contributed by atoms with van der Waals surface area (Å²) in [5.74, 6) is -11.9. The zero-order valence-corrected chi connectivity index (χ0v) is 11.7. The molecule has 1 aliphatic heterocycles. The number of nitrogens with two attached hydrogens (primary N) is 1. The largest absolute Gasteiger partial charge is 0.390 e. The van der Waals surface area contributed by atoms with Gasteiger partial charge in [0.2, 0.25) is 5.91 Å². The minimum atomic E-state index is -4.53. The Morgan fingerprint density at radius 2 is 2.13 bits per heavy atom. The molecule has 1 amide bonds. The van der Waals surface area contributed by atoms with Crippen LogP contribution in [0.4, 0.5) is 0 Å². The molecule has 124 valence electrons. The monoisotopic (exact) mass is 333 g/mol. The number of carbonyl (C=O) groups is 1. The summed E-state index contributed by atoms with van der Waals surface area (Å²) in [5, 5.41) is 21.4. The quantitative estimate of drug-likeness (QED) is 0.793. The van der Waals surface area contributed by atoms with Crippen molar-refractivity contribution in [3.05, 3.63) is 0 Å². The zero-order chi connectivity index (χ0) is 32.2. The van der Waals surface area contributed by atoms with Crippen LogP contribution in [0.15, 0.2) is 0 Å². The summed E-state index contributed by atoms with van der Waals surface area (Å²) in [6.07, 6.45) is -29.3. The van der Waals surface area contributed by atoms with E-state index in [4.69, 9.17) is 30.4 Å². The summed E-state index contributed by atoms with van der Waals surface area (Å²) < 4.78 is 155. The minimum absolute atomic E-state index is 0.112. The van der Waals surface area contributed by atoms with Crippen molar-refractivity contribution in [2.75, 3.05) is 0 Å². The van der Waals surface area contributed by atoms with Crippen LogP contribution < -0.4 is 5.73 Å². The van der Waals surface area contributed by atoms with E-state index in [0.29, 0.717) is 0 Å². The fourth-order valence-electron chi connectivity index (χ4n) is 3.41. The summed E-state index contributed by atoms with van der Waals surface area (Å²) in [6.45, 7) is 0. The highest BCUT2D eigenvalue weighted by Crippen LogP contribution is 2.63. The number of rotatable bonds is 2. The highest BCUT2D eigenvalue weighted by molar-refractivity contribution is 5.84. The summed E-state index contributed by atoms with van der Waals surface area (Å²) in [7, 11) is 0. The normalized spacial score (nSPS) is 91.6. The van der Waals surface area contributed by atoms with Gasteiger partial charge in [-0.1, -0.05) is 0 Å². The predicted molar refractivity (Wildman–Crippen MR) is 82.8 cm³/mol. The van der Waals surface area contributed by atoms with Crippen LogP contribution in [0.3, 0.4) is 0 Å². The first-order chi connectivity index (χ1) is 17.8. The molecular weight excluding hydrogens is 290 g/mol. The van der Waals surface area contributed by atoms with Crippen LogP contribution in [0.25, 0.3) is 0 Å². The summed E-state index contributed by atoms with van der Waals surface area (Å²) >= 11 is 0. The molecule has 23 heavy (non-hydrogen) atoms. The topological polar surface area (TPSA) is 90.4 Å². The Bertz CT molecular complexity index is 1230. The van der Waals surface area contributed by atoms with Gasteiger partial charge in [-0.05, 0) is 74.2 Å². The van der Waals surface area contributed by atoms with Crippen LogP contribution in [0, 0.1) is 34.5 Å². The molecule has 6 fully saturated rings. The molecule has 6 aliphatic rings. The van der Waals surface area contributed by atoms with E-state index in [1.165, 1.54) is 6.07 Å². The Labute approximate surface area is 162 Å². The number of nitrogens with zero attached hydrogens (tertiary/aromatic N) is 2. The Morgan fingerprint density at radius 3 is 2.78 bits per heavy atom. The van der Waals surface area contributed by atoms with Gasteiger partial charge in [0.25, 0.3) is 0 Å². The lowest BCUT2D eigenvalue weighted by Gasteiger charge is -2.61. The van der Waals surface area contributed by atoms with Crippen LogP contribution in [-0.4, -0.2) is 39.6 Å². The second-order valence-corrected chi connectivity index (χ2v) is 6.03. The standard InChI is InChI=1S/C18H25N3O2/c19-8-13-2-12-3-14(12)21(13)16(22)15(20)17-4-10-1-11(5-17)7-18(23,6-10)9-17/h10-15,23H,1-7,9,20H2/t10?,11?,12-,13+,14+,15-,17?,18?/m1/s1/i1D2,3D2,4D2,5D2,6D2,7D2,9D2,10D,11D,13D,15D. The number of amides is 1. The van der Waals surface area contributed by atoms with Crippen molar-refractivity contribution in [3.63, 3.8) is 0 Å². The molecule has 2 unspecified atom stereocenters. The van der Waals surface area contributed by atoms with E-state index in [1.54, 1.807) is 0 Å². The van der Waals surface area contributed by atoms with Crippen LogP contribution in [-0.2, 0) is 4.79 Å². The van der Waals surface area contributed by atoms with E-state index in [2.05, 4.69) is 0 Å². The summed E-state index contributed by atoms with van der Waals surface area (Å²) in [5.41, 5.74) is -2.94. The number of aliphatic hydroxyl groups is 1. The van der Waals surface area contributed by atoms with Crippen LogP contribution in [0.5, 0.6) is 0 Å². The maximum Gasteiger partial charge on any atom is 0.241 e. The van der Waals surface area contributed by atoms with E-state index in [9.17, 15) is 15.2 Å². The molecule has 4 bridgehead atoms. The molecule has 3 N–H and O–H groups in total. The highest BCUT2D eigenvalue weighted by Gasteiger charge is 2.62. The van der Waals surface area contributed by atoms with Crippen molar-refractivity contribution >= 4 is 5.91 Å². The molecule has 0 aromatic rings. The van der Waals surface area contributed by atoms with Crippen molar-refractivity contribution in [1.82, 2.24) is 4.90 Å². The van der Waals surface area contributed by atoms with Gasteiger partial charge in [-0.2, -0.15) is 5.26 Å². The minimum Gasteiger partial charge on any atom is -0.390 e. The number of likely N-dealkylation sites (tertiary alicyclic amines) is 1. The number of carbonyl (C=O) groups excluding carboxylic acids is 1. The van der Waals surface area contributed by atoms with Crippen LogP contribution in [0.2, 0.25) is 0 Å². The number of nitriles is 1. The molecule has 5 nitrogen and oxygen atoms in total. The van der Waals surface area contributed by atoms with Gasteiger partial charge in [-0.15, -0.1) is 0 Å². The van der Waals surface area contributed by atoms with Crippen molar-refractivity contribution in [1.29, 1.82) is 5.26 Å². The highest BCUT2D eigenvalue weighted by atomic mass is 16.3. The van der Waals surface area contributed by atoms with Crippen molar-refractivity contribution in [2.45, 2.75) is 74.7 Å². The molecule has 6 atom stereocenters. The molecule has 6 rings (SSSR count). The molecule has 0 radical (unpaired) electrons. The predicted octanol–water partition coefficient (Wildman–Crippen LogP) is 1.16. The van der Waals surface area contributed by atoms with E-state index in [0.717, 1.165) is 0 Å². The van der Waals surface area contributed by atoms with Gasteiger partial charge in [0.15, 0.2) is 0 Å². The number of hydrogen-bond acceptors (Lipinski definition) is 4. The molecule has 1 heterocycles. The number of hydrogen-bond donors (Lipinski definition) is 2. The van der Waals surface area contributed by atoms with Crippen LogP contribution in [0.1, 0.15) is 75.7 Å². The Hall–Kier alpha value is -1.12. The summed E-state index contributed by atoms with van der Waals surface area (Å²) in [4.78, 5) is 14.2. The third-order valence-electron chi connectivity index (χ3n) is 4.48. The lowest BCUT2D eigenvalue weighted by Crippen LogP contribution is -2.64. The first-order valence-corrected chi connectivity index (χ1v) is 7.07. The second kappa shape index (κ2) is 4.29. The molecule has 1 saturated heterocycles. The fourth-order valence-corrected chi connectivity index (χ4v) is 3.41. The molecular formula is C18H25N3O2. The molecule has 0 aromatic heterocycles. The van der Waals surface area contributed by atoms with E-state index < -0.39 is 104 Å². The van der Waals surface area contributed by atoms with Gasteiger partial charge < -0.3 is 15.7 Å². The maximum absolute atomic E-state index is 14.1. The van der Waals surface area contributed by atoms with Gasteiger partial charge in [0.05, 0.1) is 20.4 Å².